The summed E-state index contributed by atoms with van der Waals surface area (Å²) in [6, 6.07) is 49.8. The summed E-state index contributed by atoms with van der Waals surface area (Å²) in [5.74, 6) is 0. The van der Waals surface area contributed by atoms with Crippen LogP contribution in [-0.2, 0) is 10.8 Å². The van der Waals surface area contributed by atoms with Crippen molar-refractivity contribution in [1.29, 1.82) is 0 Å². The normalized spacial score (nSPS) is 12.3. The lowest BCUT2D eigenvalue weighted by Crippen LogP contribution is -2.11. The maximum absolute atomic E-state index is 2.45. The minimum Gasteiger partial charge on any atom is -0.0622 e. The molecule has 0 spiro atoms. The Bertz CT molecular complexity index is 2150. The highest BCUT2D eigenvalue weighted by Gasteiger charge is 2.22. The summed E-state index contributed by atoms with van der Waals surface area (Å²) in [6.45, 7) is 13.8. The van der Waals surface area contributed by atoms with Gasteiger partial charge in [-0.15, -0.1) is 0 Å². The Morgan fingerprint density at radius 3 is 1.32 bits per heavy atom. The topological polar surface area (TPSA) is 0 Å². The summed E-state index contributed by atoms with van der Waals surface area (Å²) in [5.41, 5.74) is 10.4. The molecule has 0 aliphatic rings. The van der Waals surface area contributed by atoms with E-state index in [0.717, 1.165) is 0 Å². The van der Waals surface area contributed by atoms with E-state index in [0.29, 0.717) is 0 Å². The van der Waals surface area contributed by atoms with Crippen molar-refractivity contribution in [2.45, 2.75) is 52.4 Å². The molecule has 0 saturated heterocycles. The Morgan fingerprint density at radius 2 is 0.773 bits per heavy atom. The summed E-state index contributed by atoms with van der Waals surface area (Å²) < 4.78 is 0. The quantitative estimate of drug-likeness (QED) is 0.186. The smallest absolute Gasteiger partial charge is 0.00263 e. The van der Waals surface area contributed by atoms with Gasteiger partial charge in [-0.3, -0.25) is 0 Å². The molecular formula is C44H40. The molecule has 7 rings (SSSR count). The summed E-state index contributed by atoms with van der Waals surface area (Å²) in [4.78, 5) is 0. The molecule has 0 bridgehead atoms. The second-order valence-electron chi connectivity index (χ2n) is 14.3. The maximum atomic E-state index is 2.45. The molecule has 0 aliphatic heterocycles. The van der Waals surface area contributed by atoms with E-state index in [1.165, 1.54) is 76.8 Å². The molecule has 0 fully saturated rings. The van der Waals surface area contributed by atoms with Gasteiger partial charge in [0.1, 0.15) is 0 Å². The van der Waals surface area contributed by atoms with Crippen LogP contribution in [-0.4, -0.2) is 0 Å². The van der Waals surface area contributed by atoms with E-state index in [1.54, 1.807) is 0 Å². The van der Waals surface area contributed by atoms with E-state index >= 15 is 0 Å². The van der Waals surface area contributed by atoms with Crippen molar-refractivity contribution in [3.8, 4) is 33.4 Å². The van der Waals surface area contributed by atoms with E-state index < -0.39 is 0 Å². The minimum atomic E-state index is 0.0450. The van der Waals surface area contributed by atoms with Gasteiger partial charge < -0.3 is 0 Å². The van der Waals surface area contributed by atoms with Crippen LogP contribution in [0.15, 0.2) is 133 Å². The zero-order chi connectivity index (χ0) is 30.6. The van der Waals surface area contributed by atoms with Crippen molar-refractivity contribution in [3.05, 3.63) is 145 Å². The second-order valence-corrected chi connectivity index (χ2v) is 14.3. The van der Waals surface area contributed by atoms with Crippen molar-refractivity contribution < 1.29 is 0 Å². The lowest BCUT2D eigenvalue weighted by molar-refractivity contribution is 0.590. The van der Waals surface area contributed by atoms with Crippen LogP contribution in [0, 0.1) is 0 Å². The summed E-state index contributed by atoms with van der Waals surface area (Å²) in [5, 5.41) is 7.77. The molecule has 7 aromatic rings. The van der Waals surface area contributed by atoms with Crippen LogP contribution in [0.3, 0.4) is 0 Å². The molecule has 0 unspecified atom stereocenters. The molecule has 0 atom stereocenters. The monoisotopic (exact) mass is 568 g/mol. The third-order valence-corrected chi connectivity index (χ3v) is 9.17. The predicted molar refractivity (Wildman–Crippen MR) is 193 cm³/mol. The van der Waals surface area contributed by atoms with Gasteiger partial charge in [0.25, 0.3) is 0 Å². The van der Waals surface area contributed by atoms with E-state index in [2.05, 4.69) is 175 Å². The first-order valence-electron chi connectivity index (χ1n) is 15.8. The first-order chi connectivity index (χ1) is 21.1. The molecule has 216 valence electrons. The van der Waals surface area contributed by atoms with Gasteiger partial charge in [0.05, 0.1) is 0 Å². The maximum Gasteiger partial charge on any atom is -0.00263 e. The lowest BCUT2D eigenvalue weighted by Gasteiger charge is -2.25. The molecule has 0 aliphatic carbocycles. The molecule has 0 radical (unpaired) electrons. The first kappa shape index (κ1) is 28.1. The van der Waals surface area contributed by atoms with Crippen LogP contribution in [0.5, 0.6) is 0 Å². The van der Waals surface area contributed by atoms with Crippen LogP contribution in [0.1, 0.15) is 52.7 Å². The Balaban J connectivity index is 1.52. The fourth-order valence-corrected chi connectivity index (χ4v) is 6.59. The predicted octanol–water partition coefficient (Wildman–Crippen LogP) is 12.7. The van der Waals surface area contributed by atoms with Crippen LogP contribution >= 0.6 is 0 Å². The van der Waals surface area contributed by atoms with E-state index in [4.69, 9.17) is 0 Å². The molecule has 0 amide bonds. The number of fused-ring (bicyclic) bond motifs is 3. The second kappa shape index (κ2) is 10.5. The number of benzene rings is 7. The van der Waals surface area contributed by atoms with E-state index in [-0.39, 0.29) is 10.8 Å². The van der Waals surface area contributed by atoms with Crippen LogP contribution in [0.25, 0.3) is 65.7 Å². The van der Waals surface area contributed by atoms with Gasteiger partial charge in [0.15, 0.2) is 0 Å². The SMILES string of the molecule is CC(C)(C)c1ccc2c(-c3ccc(-c4ccc5ccccc5c4)cc3)c3cc(C(C)(C)C)ccc3c(-c3ccccc3)c2c1. The molecule has 0 nitrogen and oxygen atoms in total. The molecule has 0 aromatic heterocycles. The summed E-state index contributed by atoms with van der Waals surface area (Å²) >= 11 is 0. The molecular weight excluding hydrogens is 528 g/mol. The average Bonchev–Trinajstić information content (AvgIpc) is 3.02. The molecule has 0 saturated carbocycles. The van der Waals surface area contributed by atoms with Crippen LogP contribution < -0.4 is 0 Å². The molecule has 7 aromatic carbocycles. The van der Waals surface area contributed by atoms with E-state index in [9.17, 15) is 0 Å². The van der Waals surface area contributed by atoms with Gasteiger partial charge in [0, 0.05) is 0 Å². The Kier molecular flexibility index (Phi) is 6.70. The molecule has 0 heterocycles. The third kappa shape index (κ3) is 4.99. The van der Waals surface area contributed by atoms with Gasteiger partial charge in [-0.2, -0.15) is 0 Å². The van der Waals surface area contributed by atoms with Crippen molar-refractivity contribution in [2.24, 2.45) is 0 Å². The van der Waals surface area contributed by atoms with Gasteiger partial charge >= 0.3 is 0 Å². The van der Waals surface area contributed by atoms with Gasteiger partial charge in [-0.05, 0) is 106 Å². The van der Waals surface area contributed by atoms with Crippen molar-refractivity contribution in [3.63, 3.8) is 0 Å². The summed E-state index contributed by atoms with van der Waals surface area (Å²) in [7, 11) is 0. The fourth-order valence-electron chi connectivity index (χ4n) is 6.59. The van der Waals surface area contributed by atoms with Crippen LogP contribution in [0.2, 0.25) is 0 Å². The highest BCUT2D eigenvalue weighted by Crippen LogP contribution is 2.46. The Hall–Kier alpha value is -4.68. The first-order valence-corrected chi connectivity index (χ1v) is 15.8. The van der Waals surface area contributed by atoms with Crippen LogP contribution in [0.4, 0.5) is 0 Å². The number of hydrogen-bond donors (Lipinski definition) is 0. The lowest BCUT2D eigenvalue weighted by atomic mass is 9.79. The molecule has 0 N–H and O–H groups in total. The van der Waals surface area contributed by atoms with Crippen molar-refractivity contribution in [2.75, 3.05) is 0 Å². The standard InChI is InChI=1S/C44H40/c1-43(2,3)35-23-25-38-39(27-35)41(31-13-8-7-9-14-31)37-24-22-36(44(4,5)6)28-40(37)42(38)32-19-16-30(17-20-32)34-21-18-29-12-10-11-15-33(29)26-34/h7-28H,1-6H3. The largest absolute Gasteiger partial charge is 0.0622 e. The highest BCUT2D eigenvalue weighted by atomic mass is 14.3. The van der Waals surface area contributed by atoms with Crippen molar-refractivity contribution >= 4 is 32.3 Å². The Labute approximate surface area is 262 Å². The fraction of sp³-hybridized carbons (Fsp3) is 0.182. The van der Waals surface area contributed by atoms with Gasteiger partial charge in [0.2, 0.25) is 0 Å². The Morgan fingerprint density at radius 1 is 0.318 bits per heavy atom. The number of hydrogen-bond acceptors (Lipinski definition) is 0. The van der Waals surface area contributed by atoms with Gasteiger partial charge in [-0.1, -0.05) is 157 Å². The highest BCUT2D eigenvalue weighted by molar-refractivity contribution is 6.21. The minimum absolute atomic E-state index is 0.0450. The van der Waals surface area contributed by atoms with Gasteiger partial charge in [-0.25, -0.2) is 0 Å². The average molecular weight is 569 g/mol. The summed E-state index contributed by atoms with van der Waals surface area (Å²) in [6.07, 6.45) is 0. The van der Waals surface area contributed by atoms with E-state index in [1.807, 2.05) is 0 Å². The third-order valence-electron chi connectivity index (χ3n) is 9.17. The van der Waals surface area contributed by atoms with Crippen molar-refractivity contribution in [1.82, 2.24) is 0 Å². The molecule has 44 heavy (non-hydrogen) atoms. The zero-order valence-electron chi connectivity index (χ0n) is 26.7. The zero-order valence-corrected chi connectivity index (χ0v) is 26.7. The molecule has 0 heteroatoms. The number of rotatable bonds is 3.